The number of ether oxygens (including phenoxy) is 1. The topological polar surface area (TPSA) is 87.7 Å². The van der Waals surface area contributed by atoms with Crippen LogP contribution in [0.25, 0.3) is 0 Å². The van der Waals surface area contributed by atoms with E-state index < -0.39 is 10.0 Å². The molecule has 1 aromatic rings. The van der Waals surface area contributed by atoms with E-state index in [1.165, 1.54) is 0 Å². The first-order valence-electron chi connectivity index (χ1n) is 7.67. The summed E-state index contributed by atoms with van der Waals surface area (Å²) < 4.78 is 31.3. The summed E-state index contributed by atoms with van der Waals surface area (Å²) in [5.41, 5.74) is 1.10. The Bertz CT molecular complexity index is 631. The Morgan fingerprint density at radius 2 is 1.96 bits per heavy atom. The summed E-state index contributed by atoms with van der Waals surface area (Å²) in [7, 11) is -3.30. The van der Waals surface area contributed by atoms with Crippen molar-refractivity contribution < 1.29 is 17.9 Å². The molecule has 2 rings (SSSR count). The molecule has 0 radical (unpaired) electrons. The highest BCUT2D eigenvalue weighted by Gasteiger charge is 2.21. The fourth-order valence-corrected chi connectivity index (χ4v) is 3.46. The summed E-state index contributed by atoms with van der Waals surface area (Å²) in [6.07, 6.45) is 0.589. The number of hydrogen-bond donors (Lipinski definition) is 2. The molecule has 128 valence electrons. The molecule has 1 saturated heterocycles. The molecule has 1 fully saturated rings. The monoisotopic (exact) mass is 341 g/mol. The predicted octanol–water partition coefficient (Wildman–Crippen LogP) is 2.09. The van der Waals surface area contributed by atoms with E-state index >= 15 is 0 Å². The van der Waals surface area contributed by atoms with Crippen LogP contribution in [0.5, 0.6) is 0 Å². The Morgan fingerprint density at radius 1 is 1.30 bits per heavy atom. The molecule has 8 heteroatoms. The van der Waals surface area contributed by atoms with Crippen LogP contribution in [0, 0.1) is 0 Å². The van der Waals surface area contributed by atoms with Crippen LogP contribution >= 0.6 is 0 Å². The summed E-state index contributed by atoms with van der Waals surface area (Å²) in [6, 6.07) is 6.42. The smallest absolute Gasteiger partial charge is 0.322 e. The molecule has 23 heavy (non-hydrogen) atoms. The van der Waals surface area contributed by atoms with Crippen LogP contribution < -0.4 is 10.0 Å². The van der Waals surface area contributed by atoms with Crippen molar-refractivity contribution in [1.82, 2.24) is 4.90 Å². The minimum Gasteiger partial charge on any atom is -0.375 e. The number of benzene rings is 1. The molecule has 0 bridgehead atoms. The third kappa shape index (κ3) is 5.40. The second-order valence-corrected chi connectivity index (χ2v) is 7.40. The fraction of sp³-hybridized carbons (Fsp3) is 0.533. The lowest BCUT2D eigenvalue weighted by molar-refractivity contribution is -0.00138. The highest BCUT2D eigenvalue weighted by atomic mass is 32.2. The Balaban J connectivity index is 1.93. The number of hydrogen-bond acceptors (Lipinski definition) is 4. The lowest BCUT2D eigenvalue weighted by Gasteiger charge is -2.31. The summed E-state index contributed by atoms with van der Waals surface area (Å²) >= 11 is 0. The molecule has 1 aliphatic heterocycles. The van der Waals surface area contributed by atoms with E-state index in [4.69, 9.17) is 4.74 Å². The van der Waals surface area contributed by atoms with Gasteiger partial charge in [0.15, 0.2) is 0 Å². The van der Waals surface area contributed by atoms with Crippen molar-refractivity contribution >= 4 is 27.4 Å². The molecule has 0 aliphatic carbocycles. The maximum absolute atomic E-state index is 12.2. The minimum atomic E-state index is -3.30. The fourth-order valence-electron chi connectivity index (χ4n) is 2.33. The Morgan fingerprint density at radius 3 is 2.57 bits per heavy atom. The van der Waals surface area contributed by atoms with E-state index in [-0.39, 0.29) is 17.9 Å². The Kier molecular flexibility index (Phi) is 5.84. The van der Waals surface area contributed by atoms with Crippen molar-refractivity contribution in [3.05, 3.63) is 24.3 Å². The van der Waals surface area contributed by atoms with Crippen LogP contribution in [0.2, 0.25) is 0 Å². The van der Waals surface area contributed by atoms with E-state index in [1.54, 1.807) is 29.2 Å². The molecular weight excluding hydrogens is 318 g/mol. The third-order valence-corrected chi connectivity index (χ3v) is 4.90. The minimum absolute atomic E-state index is 0.0323. The van der Waals surface area contributed by atoms with Gasteiger partial charge < -0.3 is 15.0 Å². The number of nitrogens with one attached hydrogen (secondary N) is 2. The van der Waals surface area contributed by atoms with Gasteiger partial charge in [-0.1, -0.05) is 6.92 Å². The molecule has 1 heterocycles. The molecule has 0 aromatic heterocycles. The highest BCUT2D eigenvalue weighted by Crippen LogP contribution is 2.16. The molecule has 1 aromatic carbocycles. The van der Waals surface area contributed by atoms with Gasteiger partial charge in [-0.15, -0.1) is 0 Å². The van der Waals surface area contributed by atoms with Gasteiger partial charge in [-0.3, -0.25) is 4.72 Å². The van der Waals surface area contributed by atoms with E-state index in [0.717, 1.165) is 0 Å². The van der Waals surface area contributed by atoms with E-state index in [0.29, 0.717) is 37.5 Å². The number of rotatable bonds is 5. The van der Waals surface area contributed by atoms with Crippen LogP contribution in [0.3, 0.4) is 0 Å². The van der Waals surface area contributed by atoms with Crippen molar-refractivity contribution in [2.45, 2.75) is 26.4 Å². The van der Waals surface area contributed by atoms with Gasteiger partial charge in [-0.25, -0.2) is 13.2 Å². The first-order valence-corrected chi connectivity index (χ1v) is 9.33. The molecule has 2 amide bonds. The van der Waals surface area contributed by atoms with Crippen molar-refractivity contribution in [3.63, 3.8) is 0 Å². The van der Waals surface area contributed by atoms with Gasteiger partial charge in [0.2, 0.25) is 10.0 Å². The van der Waals surface area contributed by atoms with Gasteiger partial charge in [0.1, 0.15) is 0 Å². The molecule has 1 atom stereocenters. The first kappa shape index (κ1) is 17.6. The van der Waals surface area contributed by atoms with Crippen molar-refractivity contribution in [1.29, 1.82) is 0 Å². The molecule has 0 unspecified atom stereocenters. The molecule has 7 nitrogen and oxygen atoms in total. The average molecular weight is 341 g/mol. The maximum Gasteiger partial charge on any atom is 0.322 e. The van der Waals surface area contributed by atoms with Gasteiger partial charge in [-0.2, -0.15) is 0 Å². The van der Waals surface area contributed by atoms with E-state index in [9.17, 15) is 13.2 Å². The lowest BCUT2D eigenvalue weighted by atomic mass is 10.3. The van der Waals surface area contributed by atoms with E-state index in [2.05, 4.69) is 10.0 Å². The number of nitrogens with zero attached hydrogens (tertiary/aromatic N) is 1. The Labute approximate surface area is 137 Å². The van der Waals surface area contributed by atoms with Crippen LogP contribution in [-0.2, 0) is 14.8 Å². The molecule has 2 N–H and O–H groups in total. The summed E-state index contributed by atoms with van der Waals surface area (Å²) in [5.74, 6) is 0.0840. The standard InChI is InChI=1S/C15H23N3O4S/c1-3-10-23(20,21)17-14-6-4-13(5-7-14)16-15(19)18-8-9-22-12(2)11-18/h4-7,12,17H,3,8-11H2,1-2H3,(H,16,19)/t12-/m1/s1. The van der Waals surface area contributed by atoms with Crippen LogP contribution in [0.4, 0.5) is 16.2 Å². The Hall–Kier alpha value is -1.80. The van der Waals surface area contributed by atoms with Crippen molar-refractivity contribution in [3.8, 4) is 0 Å². The predicted molar refractivity (Wildman–Crippen MR) is 90.1 cm³/mol. The number of carbonyl (C=O) groups is 1. The largest absolute Gasteiger partial charge is 0.375 e. The second-order valence-electron chi connectivity index (χ2n) is 5.56. The van der Waals surface area contributed by atoms with Crippen LogP contribution in [0.15, 0.2) is 24.3 Å². The molecule has 1 aliphatic rings. The average Bonchev–Trinajstić information content (AvgIpc) is 2.49. The van der Waals surface area contributed by atoms with E-state index in [1.807, 2.05) is 13.8 Å². The van der Waals surface area contributed by atoms with Gasteiger partial charge >= 0.3 is 6.03 Å². The maximum atomic E-state index is 12.2. The number of amides is 2. The summed E-state index contributed by atoms with van der Waals surface area (Å²) in [5, 5.41) is 2.80. The van der Waals surface area contributed by atoms with Crippen LogP contribution in [0.1, 0.15) is 20.3 Å². The quantitative estimate of drug-likeness (QED) is 0.858. The number of sulfonamides is 1. The first-order chi connectivity index (χ1) is 10.9. The van der Waals surface area contributed by atoms with Crippen LogP contribution in [-0.4, -0.2) is 50.9 Å². The zero-order valence-electron chi connectivity index (χ0n) is 13.4. The van der Waals surface area contributed by atoms with Gasteiger partial charge in [-0.05, 0) is 37.6 Å². The lowest BCUT2D eigenvalue weighted by Crippen LogP contribution is -2.46. The highest BCUT2D eigenvalue weighted by molar-refractivity contribution is 7.92. The summed E-state index contributed by atoms with van der Waals surface area (Å²) in [6.45, 7) is 5.39. The van der Waals surface area contributed by atoms with Gasteiger partial charge in [0.05, 0.1) is 18.5 Å². The normalized spacial score (nSPS) is 18.5. The second kappa shape index (κ2) is 7.65. The van der Waals surface area contributed by atoms with Crippen molar-refractivity contribution in [2.75, 3.05) is 35.5 Å². The number of morpholine rings is 1. The van der Waals surface area contributed by atoms with Gasteiger partial charge in [0.25, 0.3) is 0 Å². The zero-order valence-corrected chi connectivity index (χ0v) is 14.2. The SMILES string of the molecule is CCCS(=O)(=O)Nc1ccc(NC(=O)N2CCO[C@H](C)C2)cc1. The van der Waals surface area contributed by atoms with Crippen molar-refractivity contribution in [2.24, 2.45) is 0 Å². The summed E-state index contributed by atoms with van der Waals surface area (Å²) in [4.78, 5) is 13.9. The number of urea groups is 1. The zero-order chi connectivity index (χ0) is 16.9. The third-order valence-electron chi connectivity index (χ3n) is 3.41. The van der Waals surface area contributed by atoms with Gasteiger partial charge in [0, 0.05) is 24.5 Å². The number of anilines is 2. The number of carbonyl (C=O) groups excluding carboxylic acids is 1. The molecule has 0 spiro atoms. The molecule has 0 saturated carbocycles. The molecular formula is C15H23N3O4S.